The third-order valence-corrected chi connectivity index (χ3v) is 4.56. The number of nitrogens with one attached hydrogen (secondary N) is 1. The average molecular weight is 273 g/mol. The Morgan fingerprint density at radius 3 is 1.90 bits per heavy atom. The number of likely N-dealkylation sites (tertiary alicyclic amines) is 1. The van der Waals surface area contributed by atoms with Crippen molar-refractivity contribution in [3.63, 3.8) is 0 Å². The number of benzene rings is 1. The van der Waals surface area contributed by atoms with Crippen LogP contribution < -0.4 is 5.32 Å². The highest BCUT2D eigenvalue weighted by Gasteiger charge is 2.15. The van der Waals surface area contributed by atoms with Crippen LogP contribution in [0.3, 0.4) is 0 Å². The molecule has 0 spiro atoms. The Kier molecular flexibility index (Phi) is 5.06. The van der Waals surface area contributed by atoms with Crippen LogP contribution in [0.15, 0.2) is 24.3 Å². The van der Waals surface area contributed by atoms with E-state index in [0.717, 1.165) is 26.2 Å². The number of hydrogen-bond donors (Lipinski definition) is 1. The number of nitrogens with zero attached hydrogens (tertiary/aromatic N) is 2. The topological polar surface area (TPSA) is 18.5 Å². The van der Waals surface area contributed by atoms with Gasteiger partial charge in [0.15, 0.2) is 0 Å². The van der Waals surface area contributed by atoms with Gasteiger partial charge in [-0.2, -0.15) is 0 Å². The normalized spacial score (nSPS) is 22.0. The molecule has 1 aromatic carbocycles. The highest BCUT2D eigenvalue weighted by molar-refractivity contribution is 5.27. The molecule has 0 amide bonds. The molecule has 3 nitrogen and oxygen atoms in total. The second kappa shape index (κ2) is 7.21. The number of piperidine rings is 1. The van der Waals surface area contributed by atoms with Crippen LogP contribution in [0.5, 0.6) is 0 Å². The second-order valence-corrected chi connectivity index (χ2v) is 6.13. The molecule has 0 aromatic heterocycles. The lowest BCUT2D eigenvalue weighted by atomic mass is 10.0. The summed E-state index contributed by atoms with van der Waals surface area (Å²) in [5.74, 6) is 0. The highest BCUT2D eigenvalue weighted by Crippen LogP contribution is 2.17. The molecule has 0 saturated carbocycles. The van der Waals surface area contributed by atoms with Crippen LogP contribution in [0, 0.1) is 0 Å². The summed E-state index contributed by atoms with van der Waals surface area (Å²) in [5, 5.41) is 3.43. The van der Waals surface area contributed by atoms with Gasteiger partial charge in [-0.05, 0) is 37.1 Å². The Morgan fingerprint density at radius 2 is 1.30 bits per heavy atom. The van der Waals surface area contributed by atoms with E-state index in [1.807, 2.05) is 0 Å². The first-order valence-electron chi connectivity index (χ1n) is 8.14. The van der Waals surface area contributed by atoms with Gasteiger partial charge in [-0.1, -0.05) is 30.7 Å². The van der Waals surface area contributed by atoms with E-state index in [1.165, 1.54) is 56.6 Å². The minimum Gasteiger partial charge on any atom is -0.314 e. The molecule has 3 rings (SSSR count). The zero-order valence-corrected chi connectivity index (χ0v) is 12.5. The summed E-state index contributed by atoms with van der Waals surface area (Å²) in [7, 11) is 0. The lowest BCUT2D eigenvalue weighted by Crippen LogP contribution is -2.43. The molecule has 3 heteroatoms. The van der Waals surface area contributed by atoms with Crippen molar-refractivity contribution in [3.05, 3.63) is 35.4 Å². The fourth-order valence-electron chi connectivity index (χ4n) is 3.33. The minimum atomic E-state index is 1.12. The first-order valence-corrected chi connectivity index (χ1v) is 8.14. The van der Waals surface area contributed by atoms with E-state index in [9.17, 15) is 0 Å². The van der Waals surface area contributed by atoms with Gasteiger partial charge in [0, 0.05) is 39.3 Å². The van der Waals surface area contributed by atoms with Crippen LogP contribution in [0.2, 0.25) is 0 Å². The molecule has 2 fully saturated rings. The molecule has 0 radical (unpaired) electrons. The van der Waals surface area contributed by atoms with Crippen LogP contribution >= 0.6 is 0 Å². The molecular formula is C17H27N3. The first kappa shape index (κ1) is 14.1. The SMILES string of the molecule is c1ccc(CN2CCNCC2)c(CN2CCCCC2)c1. The highest BCUT2D eigenvalue weighted by atomic mass is 15.2. The standard InChI is InChI=1S/C17H27N3/c1-4-10-19(11-5-1)14-16-6-2-3-7-17(16)15-20-12-8-18-9-13-20/h2-3,6-7,18H,1,4-5,8-15H2. The van der Waals surface area contributed by atoms with Crippen molar-refractivity contribution in [2.45, 2.75) is 32.4 Å². The Morgan fingerprint density at radius 1 is 0.750 bits per heavy atom. The van der Waals surface area contributed by atoms with Crippen molar-refractivity contribution in [3.8, 4) is 0 Å². The Labute approximate surface area is 123 Å². The fourth-order valence-corrected chi connectivity index (χ4v) is 3.33. The summed E-state index contributed by atoms with van der Waals surface area (Å²) in [6.45, 7) is 9.44. The molecule has 2 heterocycles. The van der Waals surface area contributed by atoms with Crippen LogP contribution in [-0.4, -0.2) is 49.1 Å². The van der Waals surface area contributed by atoms with Crippen molar-refractivity contribution >= 4 is 0 Å². The number of piperazine rings is 1. The van der Waals surface area contributed by atoms with Gasteiger partial charge < -0.3 is 5.32 Å². The van der Waals surface area contributed by atoms with E-state index < -0.39 is 0 Å². The van der Waals surface area contributed by atoms with Crippen LogP contribution in [0.1, 0.15) is 30.4 Å². The van der Waals surface area contributed by atoms with Gasteiger partial charge in [-0.15, -0.1) is 0 Å². The van der Waals surface area contributed by atoms with Gasteiger partial charge in [0.2, 0.25) is 0 Å². The Bertz CT molecular complexity index is 367. The maximum atomic E-state index is 3.43. The largest absolute Gasteiger partial charge is 0.314 e. The lowest BCUT2D eigenvalue weighted by Gasteiger charge is -2.30. The molecular weight excluding hydrogens is 246 g/mol. The molecule has 1 aromatic rings. The van der Waals surface area contributed by atoms with Crippen LogP contribution in [-0.2, 0) is 13.1 Å². The maximum absolute atomic E-state index is 3.43. The van der Waals surface area contributed by atoms with E-state index in [1.54, 1.807) is 0 Å². The fraction of sp³-hybridized carbons (Fsp3) is 0.647. The minimum absolute atomic E-state index is 1.12. The predicted octanol–water partition coefficient (Wildman–Crippen LogP) is 2.08. The monoisotopic (exact) mass is 273 g/mol. The van der Waals surface area contributed by atoms with Crippen LogP contribution in [0.25, 0.3) is 0 Å². The lowest BCUT2D eigenvalue weighted by molar-refractivity contribution is 0.214. The van der Waals surface area contributed by atoms with E-state index >= 15 is 0 Å². The molecule has 0 aliphatic carbocycles. The third kappa shape index (κ3) is 3.81. The third-order valence-electron chi connectivity index (χ3n) is 4.56. The number of hydrogen-bond acceptors (Lipinski definition) is 3. The number of rotatable bonds is 4. The van der Waals surface area contributed by atoms with Crippen LogP contribution in [0.4, 0.5) is 0 Å². The van der Waals surface area contributed by atoms with E-state index in [0.29, 0.717) is 0 Å². The zero-order valence-electron chi connectivity index (χ0n) is 12.5. The molecule has 110 valence electrons. The molecule has 0 atom stereocenters. The molecule has 1 N–H and O–H groups in total. The molecule has 20 heavy (non-hydrogen) atoms. The van der Waals surface area contributed by atoms with Gasteiger partial charge >= 0.3 is 0 Å². The molecule has 2 aliphatic rings. The summed E-state index contributed by atoms with van der Waals surface area (Å²) in [5.41, 5.74) is 3.06. The summed E-state index contributed by atoms with van der Waals surface area (Å²) in [6, 6.07) is 9.03. The van der Waals surface area contributed by atoms with Gasteiger partial charge in [-0.25, -0.2) is 0 Å². The van der Waals surface area contributed by atoms with Crippen molar-refractivity contribution in [2.24, 2.45) is 0 Å². The van der Waals surface area contributed by atoms with Gasteiger partial charge in [0.25, 0.3) is 0 Å². The van der Waals surface area contributed by atoms with E-state index in [-0.39, 0.29) is 0 Å². The predicted molar refractivity (Wildman–Crippen MR) is 83.7 cm³/mol. The molecule has 2 aliphatic heterocycles. The second-order valence-electron chi connectivity index (χ2n) is 6.13. The summed E-state index contributed by atoms with van der Waals surface area (Å²) in [6.07, 6.45) is 4.17. The first-order chi connectivity index (χ1) is 9.92. The molecule has 0 unspecified atom stereocenters. The Balaban J connectivity index is 1.63. The maximum Gasteiger partial charge on any atom is 0.0238 e. The smallest absolute Gasteiger partial charge is 0.0238 e. The summed E-state index contributed by atoms with van der Waals surface area (Å²) < 4.78 is 0. The summed E-state index contributed by atoms with van der Waals surface area (Å²) in [4.78, 5) is 5.20. The van der Waals surface area contributed by atoms with E-state index in [4.69, 9.17) is 0 Å². The molecule has 0 bridgehead atoms. The quantitative estimate of drug-likeness (QED) is 0.906. The molecule has 2 saturated heterocycles. The van der Waals surface area contributed by atoms with Gasteiger partial charge in [-0.3, -0.25) is 9.80 Å². The summed E-state index contributed by atoms with van der Waals surface area (Å²) >= 11 is 0. The Hall–Kier alpha value is -0.900. The average Bonchev–Trinajstić information content (AvgIpc) is 2.51. The zero-order chi connectivity index (χ0) is 13.6. The van der Waals surface area contributed by atoms with Gasteiger partial charge in [0.05, 0.1) is 0 Å². The van der Waals surface area contributed by atoms with Crippen molar-refractivity contribution in [1.29, 1.82) is 0 Å². The van der Waals surface area contributed by atoms with Crippen molar-refractivity contribution in [1.82, 2.24) is 15.1 Å². The van der Waals surface area contributed by atoms with Gasteiger partial charge in [0.1, 0.15) is 0 Å². The van der Waals surface area contributed by atoms with Crippen molar-refractivity contribution in [2.75, 3.05) is 39.3 Å². The van der Waals surface area contributed by atoms with E-state index in [2.05, 4.69) is 39.4 Å². The van der Waals surface area contributed by atoms with Crippen molar-refractivity contribution < 1.29 is 0 Å².